The van der Waals surface area contributed by atoms with Crippen LogP contribution in [0.15, 0.2) is 29.1 Å². The number of fused-ring (bicyclic) bond motifs is 1. The Kier molecular flexibility index (Phi) is 4.16. The summed E-state index contributed by atoms with van der Waals surface area (Å²) in [7, 11) is -3.15. The quantitative estimate of drug-likeness (QED) is 0.902. The van der Waals surface area contributed by atoms with Gasteiger partial charge < -0.3 is 9.88 Å². The number of sulfone groups is 1. The number of carbonyl (C=O) groups is 1. The van der Waals surface area contributed by atoms with E-state index in [2.05, 4.69) is 4.98 Å². The number of aromatic amines is 1. The van der Waals surface area contributed by atoms with Crippen molar-refractivity contribution in [3.05, 3.63) is 46.0 Å². The van der Waals surface area contributed by atoms with Gasteiger partial charge in [0.05, 0.1) is 17.1 Å². The van der Waals surface area contributed by atoms with Gasteiger partial charge in [-0.05, 0) is 31.5 Å². The molecule has 8 heteroatoms. The van der Waals surface area contributed by atoms with E-state index < -0.39 is 33.2 Å². The SMILES string of the molecule is CCN(C(=O)c1cc(=O)[nH]c2ccc(F)cc12)C1CCS(=O)(=O)C1. The molecule has 0 aliphatic carbocycles. The third kappa shape index (κ3) is 3.06. The van der Waals surface area contributed by atoms with E-state index in [9.17, 15) is 22.4 Å². The van der Waals surface area contributed by atoms with Crippen LogP contribution in [0.5, 0.6) is 0 Å². The van der Waals surface area contributed by atoms with Gasteiger partial charge in [-0.15, -0.1) is 0 Å². The molecule has 2 heterocycles. The Balaban J connectivity index is 2.07. The summed E-state index contributed by atoms with van der Waals surface area (Å²) in [5, 5.41) is 0.305. The number of H-pyrrole nitrogens is 1. The van der Waals surface area contributed by atoms with Crippen LogP contribution in [0.1, 0.15) is 23.7 Å². The van der Waals surface area contributed by atoms with Gasteiger partial charge in [-0.1, -0.05) is 0 Å². The highest BCUT2D eigenvalue weighted by atomic mass is 32.2. The fourth-order valence-corrected chi connectivity index (χ4v) is 4.88. The van der Waals surface area contributed by atoms with Crippen molar-refractivity contribution in [2.75, 3.05) is 18.1 Å². The van der Waals surface area contributed by atoms with Gasteiger partial charge in [0.1, 0.15) is 5.82 Å². The molecule has 1 unspecified atom stereocenters. The maximum absolute atomic E-state index is 13.6. The fourth-order valence-electron chi connectivity index (χ4n) is 3.15. The maximum Gasteiger partial charge on any atom is 0.255 e. The van der Waals surface area contributed by atoms with Crippen molar-refractivity contribution in [1.29, 1.82) is 0 Å². The predicted octanol–water partition coefficient (Wildman–Crippen LogP) is 1.32. The van der Waals surface area contributed by atoms with Crippen LogP contribution in [-0.2, 0) is 9.84 Å². The van der Waals surface area contributed by atoms with Gasteiger partial charge in [-0.3, -0.25) is 9.59 Å². The standard InChI is InChI=1S/C16H17FN2O4S/c1-2-19(11-5-6-24(22,23)9-11)16(21)13-8-15(20)18-14-4-3-10(17)7-12(13)14/h3-4,7-8,11H,2,5-6,9H2,1H3,(H,18,20). The third-order valence-electron chi connectivity index (χ3n) is 4.29. The molecule has 1 aromatic carbocycles. The summed E-state index contributed by atoms with van der Waals surface area (Å²) < 4.78 is 36.9. The number of halogens is 1. The molecular weight excluding hydrogens is 335 g/mol. The smallest absolute Gasteiger partial charge is 0.255 e. The lowest BCUT2D eigenvalue weighted by atomic mass is 10.1. The first-order chi connectivity index (χ1) is 11.3. The van der Waals surface area contributed by atoms with E-state index in [-0.39, 0.29) is 17.1 Å². The number of pyridine rings is 1. The largest absolute Gasteiger partial charge is 0.335 e. The highest BCUT2D eigenvalue weighted by Crippen LogP contribution is 2.23. The van der Waals surface area contributed by atoms with Crippen molar-refractivity contribution in [3.8, 4) is 0 Å². The lowest BCUT2D eigenvalue weighted by Crippen LogP contribution is -2.41. The molecule has 1 fully saturated rings. The normalized spacial score (nSPS) is 19.5. The number of hydrogen-bond donors (Lipinski definition) is 1. The monoisotopic (exact) mass is 352 g/mol. The van der Waals surface area contributed by atoms with Gasteiger partial charge in [0, 0.05) is 29.6 Å². The molecule has 1 atom stereocenters. The van der Waals surface area contributed by atoms with E-state index in [4.69, 9.17) is 0 Å². The number of nitrogens with zero attached hydrogens (tertiary/aromatic N) is 1. The van der Waals surface area contributed by atoms with Gasteiger partial charge in [0.15, 0.2) is 9.84 Å². The topological polar surface area (TPSA) is 87.3 Å². The molecule has 1 aliphatic heterocycles. The van der Waals surface area contributed by atoms with E-state index in [1.807, 2.05) is 0 Å². The Hall–Kier alpha value is -2.22. The van der Waals surface area contributed by atoms with E-state index in [1.165, 1.54) is 23.1 Å². The number of hydrogen-bond acceptors (Lipinski definition) is 4. The summed E-state index contributed by atoms with van der Waals surface area (Å²) in [5.41, 5.74) is -0.0192. The minimum absolute atomic E-state index is 0.0478. The van der Waals surface area contributed by atoms with E-state index >= 15 is 0 Å². The lowest BCUT2D eigenvalue weighted by molar-refractivity contribution is 0.0710. The first kappa shape index (κ1) is 16.6. The maximum atomic E-state index is 13.6. The average molecular weight is 352 g/mol. The first-order valence-electron chi connectivity index (χ1n) is 7.64. The van der Waals surface area contributed by atoms with Crippen LogP contribution >= 0.6 is 0 Å². The molecule has 2 aromatic rings. The Bertz CT molecular complexity index is 968. The van der Waals surface area contributed by atoms with Crippen LogP contribution in [0.4, 0.5) is 4.39 Å². The van der Waals surface area contributed by atoms with E-state index in [0.717, 1.165) is 6.07 Å². The summed E-state index contributed by atoms with van der Waals surface area (Å²) in [6, 6.07) is 4.51. The molecular formula is C16H17FN2O4S. The fraction of sp³-hybridized carbons (Fsp3) is 0.375. The number of carbonyl (C=O) groups excluding carboxylic acids is 1. The van der Waals surface area contributed by atoms with Crippen LogP contribution < -0.4 is 5.56 Å². The second kappa shape index (κ2) is 6.01. The summed E-state index contributed by atoms with van der Waals surface area (Å²) in [6.07, 6.45) is 0.372. The van der Waals surface area contributed by atoms with Crippen LogP contribution in [0.2, 0.25) is 0 Å². The molecule has 0 bridgehead atoms. The van der Waals surface area contributed by atoms with Crippen LogP contribution in [-0.4, -0.2) is 48.3 Å². The molecule has 0 radical (unpaired) electrons. The number of rotatable bonds is 3. The van der Waals surface area contributed by atoms with Crippen molar-refractivity contribution >= 4 is 26.6 Å². The van der Waals surface area contributed by atoms with Crippen molar-refractivity contribution in [2.24, 2.45) is 0 Å². The average Bonchev–Trinajstić information content (AvgIpc) is 2.87. The molecule has 1 aromatic heterocycles. The van der Waals surface area contributed by atoms with Crippen molar-refractivity contribution in [1.82, 2.24) is 9.88 Å². The van der Waals surface area contributed by atoms with Crippen molar-refractivity contribution in [3.63, 3.8) is 0 Å². The van der Waals surface area contributed by atoms with Crippen molar-refractivity contribution in [2.45, 2.75) is 19.4 Å². The molecule has 128 valence electrons. The molecule has 1 saturated heterocycles. The number of aromatic nitrogens is 1. The molecule has 24 heavy (non-hydrogen) atoms. The Morgan fingerprint density at radius 3 is 2.75 bits per heavy atom. The van der Waals surface area contributed by atoms with E-state index in [1.54, 1.807) is 6.92 Å². The minimum atomic E-state index is -3.15. The zero-order chi connectivity index (χ0) is 17.5. The van der Waals surface area contributed by atoms with Gasteiger partial charge in [-0.2, -0.15) is 0 Å². The summed E-state index contributed by atoms with van der Waals surface area (Å²) in [6.45, 7) is 2.06. The molecule has 1 aliphatic rings. The van der Waals surface area contributed by atoms with Gasteiger partial charge >= 0.3 is 0 Å². The summed E-state index contributed by atoms with van der Waals surface area (Å²) in [5.74, 6) is -1.01. The van der Waals surface area contributed by atoms with Gasteiger partial charge in [0.25, 0.3) is 5.91 Å². The molecule has 0 saturated carbocycles. The third-order valence-corrected chi connectivity index (χ3v) is 6.04. The second-order valence-corrected chi connectivity index (χ2v) is 8.11. The van der Waals surface area contributed by atoms with E-state index in [0.29, 0.717) is 23.9 Å². The predicted molar refractivity (Wildman–Crippen MR) is 88.3 cm³/mol. The highest BCUT2D eigenvalue weighted by Gasteiger charge is 2.34. The van der Waals surface area contributed by atoms with Crippen LogP contribution in [0.25, 0.3) is 10.9 Å². The Morgan fingerprint density at radius 1 is 1.38 bits per heavy atom. The molecule has 3 rings (SSSR count). The molecule has 1 N–H and O–H groups in total. The highest BCUT2D eigenvalue weighted by molar-refractivity contribution is 7.91. The zero-order valence-corrected chi connectivity index (χ0v) is 13.9. The van der Waals surface area contributed by atoms with Crippen molar-refractivity contribution < 1.29 is 17.6 Å². The first-order valence-corrected chi connectivity index (χ1v) is 9.47. The number of amides is 1. The summed E-state index contributed by atoms with van der Waals surface area (Å²) in [4.78, 5) is 28.7. The zero-order valence-electron chi connectivity index (χ0n) is 13.1. The van der Waals surface area contributed by atoms with Gasteiger partial charge in [0.2, 0.25) is 5.56 Å². The molecule has 0 spiro atoms. The lowest BCUT2D eigenvalue weighted by Gasteiger charge is -2.27. The Morgan fingerprint density at radius 2 is 2.12 bits per heavy atom. The summed E-state index contributed by atoms with van der Waals surface area (Å²) >= 11 is 0. The second-order valence-electron chi connectivity index (χ2n) is 5.89. The van der Waals surface area contributed by atoms with Crippen LogP contribution in [0, 0.1) is 5.82 Å². The minimum Gasteiger partial charge on any atom is -0.335 e. The van der Waals surface area contributed by atoms with Crippen LogP contribution in [0.3, 0.4) is 0 Å². The Labute approximate surface area is 138 Å². The number of nitrogens with one attached hydrogen (secondary N) is 1. The number of benzene rings is 1. The molecule has 1 amide bonds. The molecule has 6 nitrogen and oxygen atoms in total. The van der Waals surface area contributed by atoms with Gasteiger partial charge in [-0.25, -0.2) is 12.8 Å².